The number of nitrogens with zero attached hydrogens (tertiary/aromatic N) is 2. The van der Waals surface area contributed by atoms with Crippen LogP contribution in [0, 0.1) is 5.82 Å². The quantitative estimate of drug-likeness (QED) is 0.833. The maximum Gasteiger partial charge on any atom is 0.219 e. The van der Waals surface area contributed by atoms with Crippen LogP contribution in [0.5, 0.6) is 0 Å². The highest BCUT2D eigenvalue weighted by atomic mass is 19.1. The Hall–Kier alpha value is -1.42. The average Bonchev–Trinajstić information content (AvgIpc) is 2.94. The van der Waals surface area contributed by atoms with Crippen LogP contribution in [-0.2, 0) is 11.3 Å². The van der Waals surface area contributed by atoms with Crippen LogP contribution in [0.3, 0.4) is 0 Å². The van der Waals surface area contributed by atoms with Crippen LogP contribution >= 0.6 is 0 Å². The Morgan fingerprint density at radius 2 is 1.92 bits per heavy atom. The van der Waals surface area contributed by atoms with E-state index in [1.54, 1.807) is 6.92 Å². The van der Waals surface area contributed by atoms with Gasteiger partial charge in [-0.15, -0.1) is 0 Å². The average molecular weight is 332 g/mol. The molecule has 1 amide bonds. The van der Waals surface area contributed by atoms with E-state index in [9.17, 15) is 9.18 Å². The van der Waals surface area contributed by atoms with Crippen LogP contribution in [-0.4, -0.2) is 40.4 Å². The van der Waals surface area contributed by atoms with E-state index in [2.05, 4.69) is 16.7 Å². The Kier molecular flexibility index (Phi) is 5.24. The number of carbonyl (C=O) groups is 1. The van der Waals surface area contributed by atoms with E-state index >= 15 is 0 Å². The van der Waals surface area contributed by atoms with Crippen molar-refractivity contribution < 1.29 is 9.18 Å². The molecular weight excluding hydrogens is 303 g/mol. The van der Waals surface area contributed by atoms with Crippen molar-refractivity contribution in [1.82, 2.24) is 9.80 Å². The molecule has 24 heavy (non-hydrogen) atoms. The minimum Gasteiger partial charge on any atom is -0.336 e. The van der Waals surface area contributed by atoms with Crippen LogP contribution in [0.15, 0.2) is 24.3 Å². The highest BCUT2D eigenvalue weighted by molar-refractivity contribution is 5.74. The minimum atomic E-state index is -0.188. The van der Waals surface area contributed by atoms with Gasteiger partial charge in [0.15, 0.2) is 0 Å². The molecule has 1 saturated carbocycles. The summed E-state index contributed by atoms with van der Waals surface area (Å²) in [7, 11) is 0. The van der Waals surface area contributed by atoms with Crippen LogP contribution < -0.4 is 0 Å². The van der Waals surface area contributed by atoms with E-state index in [1.165, 1.54) is 31.4 Å². The zero-order valence-electron chi connectivity index (χ0n) is 14.9. The Labute approximate surface area is 144 Å². The van der Waals surface area contributed by atoms with E-state index in [4.69, 9.17) is 0 Å². The number of benzene rings is 1. The van der Waals surface area contributed by atoms with Gasteiger partial charge in [0, 0.05) is 31.6 Å². The van der Waals surface area contributed by atoms with Crippen LogP contribution in [0.1, 0.15) is 57.9 Å². The first-order valence-electron chi connectivity index (χ1n) is 9.31. The van der Waals surface area contributed by atoms with E-state index < -0.39 is 0 Å². The zero-order valence-corrected chi connectivity index (χ0v) is 14.9. The number of likely N-dealkylation sites (N-methyl/N-ethyl adjacent to an activating group) is 1. The molecule has 1 aliphatic heterocycles. The lowest BCUT2D eigenvalue weighted by Crippen LogP contribution is -2.47. The molecule has 1 atom stereocenters. The topological polar surface area (TPSA) is 23.6 Å². The second-order valence-electron chi connectivity index (χ2n) is 7.46. The normalized spacial score (nSPS) is 23.2. The van der Waals surface area contributed by atoms with Crippen molar-refractivity contribution in [2.45, 2.75) is 70.5 Å². The predicted molar refractivity (Wildman–Crippen MR) is 94.1 cm³/mol. The molecule has 0 radical (unpaired) electrons. The van der Waals surface area contributed by atoms with Gasteiger partial charge < -0.3 is 4.90 Å². The van der Waals surface area contributed by atoms with Crippen molar-refractivity contribution in [3.05, 3.63) is 35.6 Å². The lowest BCUT2D eigenvalue weighted by molar-refractivity contribution is -0.134. The summed E-state index contributed by atoms with van der Waals surface area (Å²) in [5.41, 5.74) is 1.22. The van der Waals surface area contributed by atoms with E-state index in [-0.39, 0.29) is 17.3 Å². The number of rotatable bonds is 4. The Morgan fingerprint density at radius 3 is 2.50 bits per heavy atom. The molecule has 132 valence electrons. The highest BCUT2D eigenvalue weighted by Gasteiger charge is 2.48. The van der Waals surface area contributed by atoms with E-state index in [1.807, 2.05) is 12.1 Å². The summed E-state index contributed by atoms with van der Waals surface area (Å²) in [4.78, 5) is 16.8. The largest absolute Gasteiger partial charge is 0.336 e. The molecule has 2 fully saturated rings. The highest BCUT2D eigenvalue weighted by Crippen LogP contribution is 2.43. The summed E-state index contributed by atoms with van der Waals surface area (Å²) < 4.78 is 13.1. The molecule has 1 aromatic rings. The van der Waals surface area contributed by atoms with Crippen LogP contribution in [0.2, 0.25) is 0 Å². The summed E-state index contributed by atoms with van der Waals surface area (Å²) >= 11 is 0. The van der Waals surface area contributed by atoms with Gasteiger partial charge >= 0.3 is 0 Å². The van der Waals surface area contributed by atoms with Gasteiger partial charge in [0.05, 0.1) is 0 Å². The van der Waals surface area contributed by atoms with Crippen molar-refractivity contribution in [3.63, 3.8) is 0 Å². The summed E-state index contributed by atoms with van der Waals surface area (Å²) in [6.07, 6.45) is 7.16. The van der Waals surface area contributed by atoms with Gasteiger partial charge in [-0.2, -0.15) is 0 Å². The molecule has 2 aliphatic rings. The third-order valence-electron chi connectivity index (χ3n) is 5.97. The van der Waals surface area contributed by atoms with Gasteiger partial charge in [-0.05, 0) is 43.5 Å². The SMILES string of the molecule is CCN(Cc1ccc(F)cc1)[C@H]1CN(C(C)=O)C2(CCCCC2)C1. The van der Waals surface area contributed by atoms with Crippen LogP contribution in [0.25, 0.3) is 0 Å². The Balaban J connectivity index is 1.74. The Morgan fingerprint density at radius 1 is 1.25 bits per heavy atom. The third kappa shape index (κ3) is 3.49. The monoisotopic (exact) mass is 332 g/mol. The predicted octanol–water partition coefficient (Wildman–Crippen LogP) is 3.97. The van der Waals surface area contributed by atoms with Crippen molar-refractivity contribution in [2.75, 3.05) is 13.1 Å². The van der Waals surface area contributed by atoms with Gasteiger partial charge in [-0.3, -0.25) is 9.69 Å². The number of halogens is 1. The molecule has 1 aromatic carbocycles. The molecule has 0 unspecified atom stereocenters. The molecule has 0 aromatic heterocycles. The van der Waals surface area contributed by atoms with Gasteiger partial charge in [-0.1, -0.05) is 38.3 Å². The van der Waals surface area contributed by atoms with Crippen molar-refractivity contribution in [2.24, 2.45) is 0 Å². The lowest BCUT2D eigenvalue weighted by atomic mass is 9.79. The first kappa shape index (κ1) is 17.4. The first-order valence-corrected chi connectivity index (χ1v) is 9.31. The second-order valence-corrected chi connectivity index (χ2v) is 7.46. The minimum absolute atomic E-state index is 0.0883. The number of carbonyl (C=O) groups excluding carboxylic acids is 1. The maximum atomic E-state index is 13.1. The number of likely N-dealkylation sites (tertiary alicyclic amines) is 1. The molecule has 1 saturated heterocycles. The molecule has 3 rings (SSSR count). The van der Waals surface area contributed by atoms with Gasteiger partial charge in [-0.25, -0.2) is 4.39 Å². The fraction of sp³-hybridized carbons (Fsp3) is 0.650. The van der Waals surface area contributed by atoms with Gasteiger partial charge in [0.25, 0.3) is 0 Å². The lowest BCUT2D eigenvalue weighted by Gasteiger charge is -2.41. The second kappa shape index (κ2) is 7.22. The molecule has 0 N–H and O–H groups in total. The zero-order chi connectivity index (χ0) is 17.2. The van der Waals surface area contributed by atoms with E-state index in [0.717, 1.165) is 44.5 Å². The van der Waals surface area contributed by atoms with E-state index in [0.29, 0.717) is 6.04 Å². The van der Waals surface area contributed by atoms with Crippen LogP contribution in [0.4, 0.5) is 4.39 Å². The summed E-state index contributed by atoms with van der Waals surface area (Å²) in [5, 5.41) is 0. The fourth-order valence-corrected chi connectivity index (χ4v) is 4.73. The Bertz CT molecular complexity index is 566. The van der Waals surface area contributed by atoms with Crippen molar-refractivity contribution in [3.8, 4) is 0 Å². The van der Waals surface area contributed by atoms with Crippen molar-refractivity contribution in [1.29, 1.82) is 0 Å². The molecule has 4 heteroatoms. The fourth-order valence-electron chi connectivity index (χ4n) is 4.73. The van der Waals surface area contributed by atoms with Gasteiger partial charge in [0.2, 0.25) is 5.91 Å². The maximum absolute atomic E-state index is 13.1. The summed E-state index contributed by atoms with van der Waals surface area (Å²) in [6.45, 7) is 6.50. The smallest absolute Gasteiger partial charge is 0.219 e. The number of hydrogen-bond acceptors (Lipinski definition) is 2. The first-order chi connectivity index (χ1) is 11.5. The molecule has 3 nitrogen and oxygen atoms in total. The van der Waals surface area contributed by atoms with Gasteiger partial charge in [0.1, 0.15) is 5.82 Å². The molecule has 1 aliphatic carbocycles. The van der Waals surface area contributed by atoms with Crippen molar-refractivity contribution >= 4 is 5.91 Å². The summed E-state index contributed by atoms with van der Waals surface area (Å²) in [5.74, 6) is 0.0313. The molecule has 1 spiro atoms. The molecular formula is C20H29FN2O. The molecule has 1 heterocycles. The number of hydrogen-bond donors (Lipinski definition) is 0. The standard InChI is InChI=1S/C20H29FN2O/c1-3-22(14-17-7-9-18(21)10-8-17)19-13-20(11-5-4-6-12-20)23(15-19)16(2)24/h7-10,19H,3-6,11-15H2,1-2H3/t19-/m1/s1. The third-order valence-corrected chi connectivity index (χ3v) is 5.97. The molecule has 0 bridgehead atoms. The number of amides is 1. The summed E-state index contributed by atoms with van der Waals surface area (Å²) in [6, 6.07) is 7.20.